The van der Waals surface area contributed by atoms with Crippen molar-refractivity contribution in [2.45, 2.75) is 60.5 Å². The number of benzene rings is 1. The minimum Gasteiger partial charge on any atom is -0.508 e. The van der Waals surface area contributed by atoms with E-state index in [1.165, 1.54) is 22.3 Å². The molecule has 0 fully saturated rings. The molecule has 0 bridgehead atoms. The summed E-state index contributed by atoms with van der Waals surface area (Å²) < 4.78 is 0. The second-order valence-corrected chi connectivity index (χ2v) is 8.24. The van der Waals surface area contributed by atoms with E-state index in [0.29, 0.717) is 11.5 Å². The molecule has 0 radical (unpaired) electrons. The summed E-state index contributed by atoms with van der Waals surface area (Å²) in [5, 5.41) is 21.0. The van der Waals surface area contributed by atoms with Crippen molar-refractivity contribution in [1.82, 2.24) is 0 Å². The Bertz CT molecular complexity index is 915. The molecule has 0 aliphatic carbocycles. The molecule has 2 atom stereocenters. The van der Waals surface area contributed by atoms with Crippen LogP contribution in [0, 0.1) is 19.8 Å². The van der Waals surface area contributed by atoms with E-state index in [2.05, 4.69) is 65.1 Å². The monoisotopic (exact) mass is 458 g/mol. The zero-order valence-corrected chi connectivity index (χ0v) is 21.7. The molecule has 0 heterocycles. The molecule has 1 aromatic carbocycles. The molecule has 4 heteroatoms. The molecule has 2 unspecified atom stereocenters. The number of aliphatic hydroxyl groups is 2. The quantitative estimate of drug-likeness (QED) is 0.322. The lowest BCUT2D eigenvalue weighted by Gasteiger charge is -2.25. The Morgan fingerprint density at radius 1 is 1.19 bits per heavy atom. The van der Waals surface area contributed by atoms with Gasteiger partial charge >= 0.3 is 0 Å². The van der Waals surface area contributed by atoms with Crippen LogP contribution in [0.25, 0.3) is 5.57 Å². The van der Waals surface area contributed by atoms with E-state index in [1.807, 2.05) is 13.0 Å². The zero-order chi connectivity index (χ0) is 23.1. The first kappa shape index (κ1) is 31.9. The van der Waals surface area contributed by atoms with Crippen molar-refractivity contribution in [3.63, 3.8) is 0 Å². The molecule has 1 rings (SSSR count). The summed E-state index contributed by atoms with van der Waals surface area (Å²) in [5.74, 6) is 0.234. The van der Waals surface area contributed by atoms with E-state index >= 15 is 0 Å². The van der Waals surface area contributed by atoms with E-state index in [0.717, 1.165) is 17.6 Å². The highest BCUT2D eigenvalue weighted by Crippen LogP contribution is 2.32. The van der Waals surface area contributed by atoms with Crippen LogP contribution in [-0.4, -0.2) is 21.3 Å². The summed E-state index contributed by atoms with van der Waals surface area (Å²) in [5.41, 5.74) is 5.86. The first-order chi connectivity index (χ1) is 14.0. The van der Waals surface area contributed by atoms with E-state index in [9.17, 15) is 10.2 Å². The minimum absolute atomic E-state index is 0. The maximum absolute atomic E-state index is 11.1. The van der Waals surface area contributed by atoms with Crippen LogP contribution in [0.3, 0.4) is 0 Å². The van der Waals surface area contributed by atoms with Crippen LogP contribution < -0.4 is 0 Å². The molecule has 0 saturated heterocycles. The maximum Gasteiger partial charge on any atom is 0.114 e. The lowest BCUT2D eigenvalue weighted by Crippen LogP contribution is -2.25. The van der Waals surface area contributed by atoms with Gasteiger partial charge in [0.2, 0.25) is 0 Å². The molecule has 0 aliphatic rings. The molecular formula is C28H42O3S. The Labute approximate surface area is 202 Å². The van der Waals surface area contributed by atoms with Crippen LogP contribution in [0.15, 0.2) is 78.7 Å². The molecule has 0 aliphatic heterocycles. The highest BCUT2D eigenvalue weighted by molar-refractivity contribution is 7.59. The average molecular weight is 459 g/mol. The van der Waals surface area contributed by atoms with Gasteiger partial charge in [0.05, 0.1) is 0 Å². The number of aliphatic hydroxyl groups excluding tert-OH is 1. The van der Waals surface area contributed by atoms with Crippen molar-refractivity contribution < 1.29 is 15.7 Å². The summed E-state index contributed by atoms with van der Waals surface area (Å²) in [6, 6.07) is 4.40. The van der Waals surface area contributed by atoms with Crippen molar-refractivity contribution in [1.29, 1.82) is 0 Å². The van der Waals surface area contributed by atoms with Gasteiger partial charge in [-0.3, -0.25) is 0 Å². The predicted octanol–water partition coefficient (Wildman–Crippen LogP) is 6.63. The Morgan fingerprint density at radius 2 is 1.75 bits per heavy atom. The van der Waals surface area contributed by atoms with Gasteiger partial charge in [-0.2, -0.15) is 13.5 Å². The van der Waals surface area contributed by atoms with E-state index in [-0.39, 0.29) is 24.7 Å². The Balaban J connectivity index is 0. The fourth-order valence-electron chi connectivity index (χ4n) is 3.59. The summed E-state index contributed by atoms with van der Waals surface area (Å²) in [6.07, 6.45) is 12.3. The lowest BCUT2D eigenvalue weighted by atomic mass is 9.84. The molecule has 1 aromatic rings. The molecule has 0 saturated carbocycles. The van der Waals surface area contributed by atoms with Gasteiger partial charge < -0.3 is 15.7 Å². The third-order valence-electron chi connectivity index (χ3n) is 5.69. The minimum atomic E-state index is -1.37. The Hall–Kier alpha value is -2.27. The SMILES string of the molecule is C=C/C(=C\C(C)(O)/C(=C\C)C(=C)O)c1cc(C)c(C)cc1CC(C)/C(C)=C/C=C\C.O.S. The van der Waals surface area contributed by atoms with Crippen LogP contribution in [-0.2, 0) is 6.42 Å². The molecule has 4 N–H and O–H groups in total. The van der Waals surface area contributed by atoms with Gasteiger partial charge in [0.15, 0.2) is 0 Å². The predicted molar refractivity (Wildman–Crippen MR) is 146 cm³/mol. The van der Waals surface area contributed by atoms with Crippen molar-refractivity contribution in [3.8, 4) is 0 Å². The third kappa shape index (κ3) is 8.34. The van der Waals surface area contributed by atoms with Crippen LogP contribution in [0.1, 0.15) is 56.9 Å². The topological polar surface area (TPSA) is 72.0 Å². The Kier molecular flexibility index (Phi) is 14.0. The summed E-state index contributed by atoms with van der Waals surface area (Å²) in [4.78, 5) is 0. The van der Waals surface area contributed by atoms with E-state index < -0.39 is 5.60 Å². The van der Waals surface area contributed by atoms with Gasteiger partial charge in [0.25, 0.3) is 0 Å². The van der Waals surface area contributed by atoms with Gasteiger partial charge in [-0.05, 0) is 87.8 Å². The zero-order valence-electron chi connectivity index (χ0n) is 20.7. The first-order valence-electron chi connectivity index (χ1n) is 10.5. The summed E-state index contributed by atoms with van der Waals surface area (Å²) in [7, 11) is 0. The smallest absolute Gasteiger partial charge is 0.114 e. The van der Waals surface area contributed by atoms with E-state index in [4.69, 9.17) is 0 Å². The highest BCUT2D eigenvalue weighted by Gasteiger charge is 2.26. The van der Waals surface area contributed by atoms with Crippen LogP contribution in [0.4, 0.5) is 0 Å². The standard InChI is InChI=1S/C28H38O2.H2O.H2S/c1-10-13-14-19(4)20(5)15-25-16-21(6)22(7)17-26(25)24(11-2)18-28(9,30)27(12-3)23(8)29;;/h10-14,16-18,20,29-30H,2,8,15H2,1,3-7,9H3;2*1H2/b13-10-,19-14+,24-18+,27-12-;;. The number of allylic oxidation sites excluding steroid dienone is 7. The molecule has 3 nitrogen and oxygen atoms in total. The third-order valence-corrected chi connectivity index (χ3v) is 5.69. The maximum atomic E-state index is 11.1. The van der Waals surface area contributed by atoms with Crippen LogP contribution >= 0.6 is 13.5 Å². The molecule has 32 heavy (non-hydrogen) atoms. The highest BCUT2D eigenvalue weighted by atomic mass is 32.1. The van der Waals surface area contributed by atoms with Crippen molar-refractivity contribution in [3.05, 3.63) is 101 Å². The van der Waals surface area contributed by atoms with Crippen molar-refractivity contribution in [2.24, 2.45) is 5.92 Å². The lowest BCUT2D eigenvalue weighted by molar-refractivity contribution is 0.146. The van der Waals surface area contributed by atoms with Gasteiger partial charge in [-0.1, -0.05) is 68.2 Å². The first-order valence-corrected chi connectivity index (χ1v) is 10.5. The molecular weight excluding hydrogens is 416 g/mol. The van der Waals surface area contributed by atoms with Gasteiger partial charge in [-0.15, -0.1) is 0 Å². The van der Waals surface area contributed by atoms with Gasteiger partial charge in [0.1, 0.15) is 11.4 Å². The fourth-order valence-corrected chi connectivity index (χ4v) is 3.59. The average Bonchev–Trinajstić information content (AvgIpc) is 2.66. The summed E-state index contributed by atoms with van der Waals surface area (Å²) >= 11 is 0. The largest absolute Gasteiger partial charge is 0.508 e. The number of hydrogen-bond acceptors (Lipinski definition) is 2. The van der Waals surface area contributed by atoms with E-state index in [1.54, 1.807) is 32.1 Å². The van der Waals surface area contributed by atoms with Crippen molar-refractivity contribution in [2.75, 3.05) is 0 Å². The fraction of sp³-hybridized carbons (Fsp3) is 0.357. The second-order valence-electron chi connectivity index (χ2n) is 8.24. The van der Waals surface area contributed by atoms with Crippen LogP contribution in [0.5, 0.6) is 0 Å². The number of aryl methyl sites for hydroxylation is 2. The summed E-state index contributed by atoms with van der Waals surface area (Å²) in [6.45, 7) is 21.6. The number of hydrogen-bond donors (Lipinski definition) is 2. The number of rotatable bonds is 9. The van der Waals surface area contributed by atoms with Gasteiger partial charge in [-0.25, -0.2) is 0 Å². The second kappa shape index (κ2) is 14.0. The molecule has 0 spiro atoms. The van der Waals surface area contributed by atoms with Gasteiger partial charge in [0, 0.05) is 5.57 Å². The van der Waals surface area contributed by atoms with Crippen molar-refractivity contribution >= 4 is 19.1 Å². The normalized spacial score (nSPS) is 15.4. The molecule has 178 valence electrons. The Morgan fingerprint density at radius 3 is 2.22 bits per heavy atom. The molecule has 0 amide bonds. The molecule has 0 aromatic heterocycles. The van der Waals surface area contributed by atoms with Crippen LogP contribution in [0.2, 0.25) is 0 Å².